The summed E-state index contributed by atoms with van der Waals surface area (Å²) in [6.45, 7) is 14.5. The van der Waals surface area contributed by atoms with E-state index >= 15 is 0 Å². The van der Waals surface area contributed by atoms with Crippen LogP contribution in [0.25, 0.3) is 0 Å². The third kappa shape index (κ3) is 14.5. The van der Waals surface area contributed by atoms with Gasteiger partial charge in [0.2, 0.25) is 17.7 Å². The van der Waals surface area contributed by atoms with E-state index in [1.165, 1.54) is 0 Å². The van der Waals surface area contributed by atoms with Crippen LogP contribution in [0.3, 0.4) is 0 Å². The molecule has 0 saturated carbocycles. The van der Waals surface area contributed by atoms with Crippen molar-refractivity contribution < 1.29 is 29.0 Å². The molecule has 4 amide bonds. The molecule has 0 fully saturated rings. The van der Waals surface area contributed by atoms with Crippen LogP contribution in [-0.4, -0.2) is 77.8 Å². The van der Waals surface area contributed by atoms with E-state index in [1.54, 1.807) is 60.4 Å². The molecule has 0 spiro atoms. The molecular weight excluding hydrogens is 496 g/mol. The maximum absolute atomic E-state index is 13.3. The summed E-state index contributed by atoms with van der Waals surface area (Å²) in [4.78, 5) is 50.7. The van der Waals surface area contributed by atoms with Crippen molar-refractivity contribution in [3.05, 3.63) is 0 Å². The zero-order valence-corrected chi connectivity index (χ0v) is 25.1. The van der Waals surface area contributed by atoms with E-state index < -0.39 is 53.7 Å². The molecule has 0 aliphatic rings. The van der Waals surface area contributed by atoms with Crippen molar-refractivity contribution in [2.45, 2.75) is 104 Å². The predicted molar refractivity (Wildman–Crippen MR) is 148 cm³/mol. The first-order valence-corrected chi connectivity index (χ1v) is 14.4. The van der Waals surface area contributed by atoms with Crippen molar-refractivity contribution in [2.75, 3.05) is 19.1 Å². The highest BCUT2D eigenvalue weighted by Crippen LogP contribution is 2.16. The Balaban J connectivity index is 5.61. The lowest BCUT2D eigenvalue weighted by Gasteiger charge is -2.30. The molecule has 0 radical (unpaired) electrons. The first-order chi connectivity index (χ1) is 17.0. The lowest BCUT2D eigenvalue weighted by molar-refractivity contribution is -0.131. The summed E-state index contributed by atoms with van der Waals surface area (Å²) in [6.07, 6.45) is 1.32. The molecule has 37 heavy (non-hydrogen) atoms. The zero-order valence-electron chi connectivity index (χ0n) is 24.3. The fourth-order valence-corrected chi connectivity index (χ4v) is 4.19. The Morgan fingerprint density at radius 2 is 1.49 bits per heavy atom. The van der Waals surface area contributed by atoms with Crippen LogP contribution < -0.4 is 21.3 Å². The highest BCUT2D eigenvalue weighted by molar-refractivity contribution is 7.98. The second-order valence-electron chi connectivity index (χ2n) is 11.3. The van der Waals surface area contributed by atoms with Crippen molar-refractivity contribution in [2.24, 2.45) is 17.8 Å². The Labute approximate surface area is 227 Å². The number of hydrogen-bond donors (Lipinski definition) is 5. The Morgan fingerprint density at radius 1 is 0.892 bits per heavy atom. The highest BCUT2D eigenvalue weighted by Gasteiger charge is 2.32. The van der Waals surface area contributed by atoms with Gasteiger partial charge in [-0.2, -0.15) is 11.8 Å². The summed E-state index contributed by atoms with van der Waals surface area (Å²) in [5.74, 6) is -0.970. The van der Waals surface area contributed by atoms with Gasteiger partial charge in [-0.1, -0.05) is 34.6 Å². The molecule has 5 atom stereocenters. The maximum atomic E-state index is 13.3. The molecule has 0 bridgehead atoms. The lowest BCUT2D eigenvalue weighted by Crippen LogP contribution is -2.58. The fraction of sp³-hybridized carbons (Fsp3) is 0.846. The number of aliphatic hydroxyl groups is 1. The predicted octanol–water partition coefficient (Wildman–Crippen LogP) is 2.44. The summed E-state index contributed by atoms with van der Waals surface area (Å²) < 4.78 is 5.29. The zero-order chi connectivity index (χ0) is 28.9. The Hall–Kier alpha value is -2.01. The third-order valence-corrected chi connectivity index (χ3v) is 6.32. The number of rotatable bonds is 15. The van der Waals surface area contributed by atoms with Crippen LogP contribution >= 0.6 is 11.8 Å². The van der Waals surface area contributed by atoms with Gasteiger partial charge < -0.3 is 31.1 Å². The van der Waals surface area contributed by atoms with E-state index in [1.807, 2.05) is 20.1 Å². The van der Waals surface area contributed by atoms with Gasteiger partial charge in [-0.25, -0.2) is 4.79 Å². The van der Waals surface area contributed by atoms with Crippen molar-refractivity contribution in [3.8, 4) is 0 Å². The molecule has 0 aliphatic carbocycles. The number of alkyl carbamates (subject to hydrolysis) is 1. The van der Waals surface area contributed by atoms with E-state index in [0.29, 0.717) is 18.6 Å². The topological polar surface area (TPSA) is 146 Å². The summed E-state index contributed by atoms with van der Waals surface area (Å²) in [6, 6.07) is -2.35. The summed E-state index contributed by atoms with van der Waals surface area (Å²) in [7, 11) is 1.54. The quantitative estimate of drug-likeness (QED) is 0.212. The van der Waals surface area contributed by atoms with E-state index in [-0.39, 0.29) is 24.2 Å². The van der Waals surface area contributed by atoms with E-state index in [4.69, 9.17) is 4.74 Å². The van der Waals surface area contributed by atoms with Crippen molar-refractivity contribution in [1.29, 1.82) is 0 Å². The first-order valence-electron chi connectivity index (χ1n) is 13.0. The van der Waals surface area contributed by atoms with E-state index in [0.717, 1.165) is 0 Å². The average molecular weight is 547 g/mol. The Morgan fingerprint density at radius 3 is 1.95 bits per heavy atom. The van der Waals surface area contributed by atoms with Gasteiger partial charge in [-0.15, -0.1) is 0 Å². The smallest absolute Gasteiger partial charge is 0.408 e. The molecule has 0 saturated heterocycles. The molecule has 0 aliphatic heterocycles. The van der Waals surface area contributed by atoms with Crippen LogP contribution in [0.2, 0.25) is 0 Å². The van der Waals surface area contributed by atoms with E-state index in [2.05, 4.69) is 21.3 Å². The van der Waals surface area contributed by atoms with Gasteiger partial charge in [-0.05, 0) is 63.9 Å². The van der Waals surface area contributed by atoms with Gasteiger partial charge in [0.25, 0.3) is 0 Å². The van der Waals surface area contributed by atoms with Gasteiger partial charge in [0.1, 0.15) is 17.7 Å². The van der Waals surface area contributed by atoms with Gasteiger partial charge in [-0.3, -0.25) is 14.4 Å². The average Bonchev–Trinajstić information content (AvgIpc) is 2.76. The summed E-state index contributed by atoms with van der Waals surface area (Å²) >= 11 is 1.54. The number of hydrogen-bond acceptors (Lipinski definition) is 7. The number of carbonyl (C=O) groups is 4. The number of ether oxygens (including phenoxy) is 1. The molecule has 0 heterocycles. The second kappa shape index (κ2) is 16.8. The van der Waals surface area contributed by atoms with Crippen LogP contribution in [0.5, 0.6) is 0 Å². The lowest BCUT2D eigenvalue weighted by atomic mass is 9.92. The van der Waals surface area contributed by atoms with Crippen LogP contribution in [-0.2, 0) is 19.1 Å². The molecule has 11 heteroatoms. The third-order valence-electron chi connectivity index (χ3n) is 5.67. The molecule has 0 aromatic carbocycles. The van der Waals surface area contributed by atoms with Gasteiger partial charge in [0.05, 0.1) is 12.1 Å². The van der Waals surface area contributed by atoms with Crippen molar-refractivity contribution in [3.63, 3.8) is 0 Å². The largest absolute Gasteiger partial charge is 0.444 e. The number of aliphatic hydroxyl groups excluding tert-OH is 1. The number of nitrogens with one attached hydrogen (secondary N) is 4. The Bertz CT molecular complexity index is 741. The van der Waals surface area contributed by atoms with Crippen molar-refractivity contribution >= 4 is 35.6 Å². The van der Waals surface area contributed by atoms with Gasteiger partial charge >= 0.3 is 6.09 Å². The number of thioether (sulfide) groups is 1. The fourth-order valence-electron chi connectivity index (χ4n) is 3.72. The molecular formula is C26H50N4O6S. The van der Waals surface area contributed by atoms with E-state index in [9.17, 15) is 24.3 Å². The Kier molecular flexibility index (Phi) is 15.8. The normalized spacial score (nSPS) is 15.8. The molecule has 5 N–H and O–H groups in total. The van der Waals surface area contributed by atoms with Gasteiger partial charge in [0, 0.05) is 13.0 Å². The molecule has 216 valence electrons. The maximum Gasteiger partial charge on any atom is 0.408 e. The summed E-state index contributed by atoms with van der Waals surface area (Å²) in [5, 5.41) is 21.7. The summed E-state index contributed by atoms with van der Waals surface area (Å²) in [5.41, 5.74) is -0.718. The molecule has 0 rings (SSSR count). The minimum Gasteiger partial charge on any atom is -0.444 e. The SMILES string of the molecule is CNC(=O)[C@H](C)C[C@H](O)[C@H](CC(C)C)NC(=O)[C@H](CCSC)NC(=O)[C@@H](NC(=O)OC(C)(C)C)C(C)C. The van der Waals surface area contributed by atoms with Crippen LogP contribution in [0.1, 0.15) is 74.7 Å². The van der Waals surface area contributed by atoms with Crippen LogP contribution in [0.15, 0.2) is 0 Å². The first kappa shape index (κ1) is 35.0. The minimum atomic E-state index is -0.937. The molecule has 0 unspecified atom stereocenters. The number of amides is 4. The van der Waals surface area contributed by atoms with Crippen molar-refractivity contribution in [1.82, 2.24) is 21.3 Å². The molecule has 0 aromatic heterocycles. The monoisotopic (exact) mass is 546 g/mol. The molecule has 10 nitrogen and oxygen atoms in total. The van der Waals surface area contributed by atoms with Gasteiger partial charge in [0.15, 0.2) is 0 Å². The standard InChI is InChI=1S/C26H50N4O6S/c1-15(2)13-19(20(31)14-17(5)22(32)27-9)29-23(33)18(11-12-37-10)28-24(34)21(16(3)4)30-25(35)36-26(6,7)8/h15-21,31H,11-14H2,1-10H3,(H,27,32)(H,28,34)(H,29,33)(H,30,35)/t17-,18+,19+,20+,21+/m1/s1. The molecule has 0 aromatic rings. The minimum absolute atomic E-state index is 0.179. The van der Waals surface area contributed by atoms with Crippen LogP contribution in [0.4, 0.5) is 4.79 Å². The van der Waals surface area contributed by atoms with Crippen LogP contribution in [0, 0.1) is 17.8 Å². The highest BCUT2D eigenvalue weighted by atomic mass is 32.2. The second-order valence-corrected chi connectivity index (χ2v) is 12.3. The number of carbonyl (C=O) groups excluding carboxylic acids is 4.